The molecule has 24 heavy (non-hydrogen) atoms. The number of para-hydroxylation sites is 1. The van der Waals surface area contributed by atoms with Gasteiger partial charge in [-0.2, -0.15) is 0 Å². The van der Waals surface area contributed by atoms with Gasteiger partial charge in [0.2, 0.25) is 0 Å². The fourth-order valence-corrected chi connectivity index (χ4v) is 3.25. The SMILES string of the molecule is O=C(NCc1nnc(-c2ccccc2)s1)c1cc2ccccc2[nH]1. The molecule has 118 valence electrons. The molecule has 0 unspecified atom stereocenters. The number of carbonyl (C=O) groups excluding carboxylic acids is 1. The van der Waals surface area contributed by atoms with Crippen molar-refractivity contribution in [2.45, 2.75) is 6.54 Å². The van der Waals surface area contributed by atoms with E-state index in [1.807, 2.05) is 60.7 Å². The highest BCUT2D eigenvalue weighted by molar-refractivity contribution is 7.14. The fourth-order valence-electron chi connectivity index (χ4n) is 2.47. The van der Waals surface area contributed by atoms with E-state index in [4.69, 9.17) is 0 Å². The number of rotatable bonds is 4. The van der Waals surface area contributed by atoms with E-state index in [9.17, 15) is 4.79 Å². The van der Waals surface area contributed by atoms with Gasteiger partial charge in [0.25, 0.3) is 5.91 Å². The van der Waals surface area contributed by atoms with E-state index in [0.717, 1.165) is 26.5 Å². The number of carbonyl (C=O) groups is 1. The topological polar surface area (TPSA) is 70.7 Å². The molecule has 6 heteroatoms. The summed E-state index contributed by atoms with van der Waals surface area (Å²) in [5, 5.41) is 13.9. The molecule has 2 heterocycles. The summed E-state index contributed by atoms with van der Waals surface area (Å²) in [4.78, 5) is 15.4. The van der Waals surface area contributed by atoms with Crippen molar-refractivity contribution in [1.82, 2.24) is 20.5 Å². The molecule has 0 aliphatic rings. The summed E-state index contributed by atoms with van der Waals surface area (Å²) in [5.41, 5.74) is 2.53. The van der Waals surface area contributed by atoms with Crippen LogP contribution in [0.5, 0.6) is 0 Å². The lowest BCUT2D eigenvalue weighted by molar-refractivity contribution is 0.0946. The van der Waals surface area contributed by atoms with Crippen molar-refractivity contribution in [3.63, 3.8) is 0 Å². The Hall–Kier alpha value is -2.99. The van der Waals surface area contributed by atoms with Crippen LogP contribution in [0.15, 0.2) is 60.7 Å². The van der Waals surface area contributed by atoms with Crippen LogP contribution in [-0.2, 0) is 6.54 Å². The third kappa shape index (κ3) is 2.91. The minimum atomic E-state index is -0.150. The Kier molecular flexibility index (Phi) is 3.80. The molecule has 0 saturated carbocycles. The molecule has 0 saturated heterocycles. The number of hydrogen-bond acceptors (Lipinski definition) is 4. The quantitative estimate of drug-likeness (QED) is 0.599. The van der Waals surface area contributed by atoms with Crippen LogP contribution in [0.3, 0.4) is 0 Å². The first-order valence-corrected chi connectivity index (χ1v) is 8.35. The zero-order chi connectivity index (χ0) is 16.4. The zero-order valence-electron chi connectivity index (χ0n) is 12.7. The molecule has 0 radical (unpaired) electrons. The Balaban J connectivity index is 1.45. The molecular weight excluding hydrogens is 320 g/mol. The average molecular weight is 334 g/mol. The molecule has 2 aromatic carbocycles. The van der Waals surface area contributed by atoms with Gasteiger partial charge >= 0.3 is 0 Å². The number of benzene rings is 2. The summed E-state index contributed by atoms with van der Waals surface area (Å²) in [7, 11) is 0. The maximum atomic E-state index is 12.3. The number of amides is 1. The van der Waals surface area contributed by atoms with Crippen molar-refractivity contribution in [3.8, 4) is 10.6 Å². The summed E-state index contributed by atoms with van der Waals surface area (Å²) in [5.74, 6) is -0.150. The number of H-pyrrole nitrogens is 1. The molecule has 2 aromatic heterocycles. The standard InChI is InChI=1S/C18H14N4OS/c23-17(15-10-13-8-4-5-9-14(13)20-15)19-11-16-21-22-18(24-16)12-6-2-1-3-7-12/h1-10,20H,11H2,(H,19,23). The van der Waals surface area contributed by atoms with Crippen molar-refractivity contribution < 1.29 is 4.79 Å². The van der Waals surface area contributed by atoms with E-state index >= 15 is 0 Å². The van der Waals surface area contributed by atoms with Gasteiger partial charge in [0.1, 0.15) is 15.7 Å². The van der Waals surface area contributed by atoms with E-state index in [-0.39, 0.29) is 5.91 Å². The van der Waals surface area contributed by atoms with E-state index < -0.39 is 0 Å². The van der Waals surface area contributed by atoms with Gasteiger partial charge < -0.3 is 10.3 Å². The van der Waals surface area contributed by atoms with E-state index in [0.29, 0.717) is 12.2 Å². The van der Waals surface area contributed by atoms with Gasteiger partial charge in [-0.1, -0.05) is 59.9 Å². The number of nitrogens with one attached hydrogen (secondary N) is 2. The predicted octanol–water partition coefficient (Wildman–Crippen LogP) is 3.62. The number of fused-ring (bicyclic) bond motifs is 1. The second-order valence-corrected chi connectivity index (χ2v) is 6.38. The van der Waals surface area contributed by atoms with Crippen LogP contribution in [0.2, 0.25) is 0 Å². The highest BCUT2D eigenvalue weighted by atomic mass is 32.1. The lowest BCUT2D eigenvalue weighted by Crippen LogP contribution is -2.22. The van der Waals surface area contributed by atoms with E-state index in [1.54, 1.807) is 0 Å². The van der Waals surface area contributed by atoms with Gasteiger partial charge in [0, 0.05) is 16.5 Å². The average Bonchev–Trinajstić information content (AvgIpc) is 3.27. The van der Waals surface area contributed by atoms with Gasteiger partial charge in [-0.15, -0.1) is 10.2 Å². The summed E-state index contributed by atoms with van der Waals surface area (Å²) in [6.45, 7) is 0.360. The number of aromatic nitrogens is 3. The second kappa shape index (κ2) is 6.25. The Labute approximate surface area is 142 Å². The van der Waals surface area contributed by atoms with Crippen LogP contribution in [0.25, 0.3) is 21.5 Å². The van der Waals surface area contributed by atoms with Gasteiger partial charge in [-0.05, 0) is 12.1 Å². The van der Waals surface area contributed by atoms with Gasteiger partial charge in [-0.25, -0.2) is 0 Å². The summed E-state index contributed by atoms with van der Waals surface area (Å²) < 4.78 is 0. The van der Waals surface area contributed by atoms with Crippen LogP contribution in [-0.4, -0.2) is 21.1 Å². The van der Waals surface area contributed by atoms with Crippen LogP contribution >= 0.6 is 11.3 Å². The molecule has 5 nitrogen and oxygen atoms in total. The molecule has 0 fully saturated rings. The Morgan fingerprint density at radius 2 is 1.83 bits per heavy atom. The molecule has 4 rings (SSSR count). The molecule has 2 N–H and O–H groups in total. The first-order chi connectivity index (χ1) is 11.8. The maximum Gasteiger partial charge on any atom is 0.268 e. The van der Waals surface area contributed by atoms with Crippen LogP contribution < -0.4 is 5.32 Å². The van der Waals surface area contributed by atoms with E-state index in [1.165, 1.54) is 11.3 Å². The number of nitrogens with zero attached hydrogens (tertiary/aromatic N) is 2. The summed E-state index contributed by atoms with van der Waals surface area (Å²) in [6, 6.07) is 19.5. The molecule has 0 spiro atoms. The lowest BCUT2D eigenvalue weighted by Gasteiger charge is -1.99. The van der Waals surface area contributed by atoms with Crippen LogP contribution in [0.4, 0.5) is 0 Å². The maximum absolute atomic E-state index is 12.3. The molecule has 0 aliphatic carbocycles. The fraction of sp³-hybridized carbons (Fsp3) is 0.0556. The molecule has 0 atom stereocenters. The second-order valence-electron chi connectivity index (χ2n) is 5.32. The first kappa shape index (κ1) is 14.6. The lowest BCUT2D eigenvalue weighted by atomic mass is 10.2. The first-order valence-electron chi connectivity index (χ1n) is 7.53. The smallest absolute Gasteiger partial charge is 0.268 e. The molecule has 4 aromatic rings. The summed E-state index contributed by atoms with van der Waals surface area (Å²) in [6.07, 6.45) is 0. The Morgan fingerprint density at radius 1 is 1.04 bits per heavy atom. The molecular formula is C18H14N4OS. The highest BCUT2D eigenvalue weighted by Crippen LogP contribution is 2.23. The minimum absolute atomic E-state index is 0.150. The van der Waals surface area contributed by atoms with Crippen molar-refractivity contribution in [2.75, 3.05) is 0 Å². The monoisotopic (exact) mass is 334 g/mol. The predicted molar refractivity (Wildman–Crippen MR) is 94.8 cm³/mol. The van der Waals surface area contributed by atoms with Gasteiger partial charge in [0.15, 0.2) is 0 Å². The third-order valence-corrected chi connectivity index (χ3v) is 4.63. The van der Waals surface area contributed by atoms with Crippen molar-refractivity contribution in [3.05, 3.63) is 71.4 Å². The number of hydrogen-bond donors (Lipinski definition) is 2. The number of aromatic amines is 1. The molecule has 0 bridgehead atoms. The van der Waals surface area contributed by atoms with Crippen LogP contribution in [0.1, 0.15) is 15.5 Å². The molecule has 1 amide bonds. The normalized spacial score (nSPS) is 10.8. The van der Waals surface area contributed by atoms with Gasteiger partial charge in [0.05, 0.1) is 6.54 Å². The van der Waals surface area contributed by atoms with Crippen LogP contribution in [0, 0.1) is 0 Å². The Morgan fingerprint density at radius 3 is 2.67 bits per heavy atom. The summed E-state index contributed by atoms with van der Waals surface area (Å²) >= 11 is 1.48. The minimum Gasteiger partial charge on any atom is -0.351 e. The van der Waals surface area contributed by atoms with Crippen molar-refractivity contribution in [1.29, 1.82) is 0 Å². The highest BCUT2D eigenvalue weighted by Gasteiger charge is 2.11. The third-order valence-electron chi connectivity index (χ3n) is 3.66. The van der Waals surface area contributed by atoms with Crippen molar-refractivity contribution in [2.24, 2.45) is 0 Å². The molecule has 0 aliphatic heterocycles. The Bertz CT molecular complexity index is 957. The van der Waals surface area contributed by atoms with Gasteiger partial charge in [-0.3, -0.25) is 4.79 Å². The largest absolute Gasteiger partial charge is 0.351 e. The zero-order valence-corrected chi connectivity index (χ0v) is 13.5. The van der Waals surface area contributed by atoms with E-state index in [2.05, 4.69) is 20.5 Å². The van der Waals surface area contributed by atoms with Crippen molar-refractivity contribution >= 4 is 28.1 Å².